The van der Waals surface area contributed by atoms with Gasteiger partial charge in [-0.3, -0.25) is 4.79 Å². The summed E-state index contributed by atoms with van der Waals surface area (Å²) in [5.74, 6) is -0.950. The van der Waals surface area contributed by atoms with Crippen LogP contribution in [0.4, 0.5) is 0 Å². The molecule has 0 heterocycles. The Balaban J connectivity index is 2.58. The van der Waals surface area contributed by atoms with Gasteiger partial charge in [-0.05, 0) is 32.4 Å². The topological polar surface area (TPSA) is 63.3 Å². The zero-order valence-corrected chi connectivity index (χ0v) is 11.3. The van der Waals surface area contributed by atoms with E-state index in [9.17, 15) is 4.79 Å². The molecule has 4 heteroatoms. The highest BCUT2D eigenvalue weighted by molar-refractivity contribution is 7.99. The Labute approximate surface area is 106 Å². The fourth-order valence-electron chi connectivity index (χ4n) is 1.58. The van der Waals surface area contributed by atoms with Gasteiger partial charge >= 0.3 is 5.97 Å². The molecule has 0 radical (unpaired) electrons. The van der Waals surface area contributed by atoms with Crippen molar-refractivity contribution in [3.05, 3.63) is 29.8 Å². The second kappa shape index (κ2) is 5.56. The minimum Gasteiger partial charge on any atom is -0.480 e. The molecule has 0 fully saturated rings. The van der Waals surface area contributed by atoms with Crippen LogP contribution in [-0.2, 0) is 4.79 Å². The van der Waals surface area contributed by atoms with Crippen LogP contribution in [0.3, 0.4) is 0 Å². The summed E-state index contributed by atoms with van der Waals surface area (Å²) in [6.45, 7) is 5.60. The van der Waals surface area contributed by atoms with Crippen LogP contribution < -0.4 is 5.73 Å². The van der Waals surface area contributed by atoms with Crippen LogP contribution in [0, 0.1) is 6.92 Å². The highest BCUT2D eigenvalue weighted by atomic mass is 32.2. The van der Waals surface area contributed by atoms with Gasteiger partial charge in [0.05, 0.1) is 0 Å². The summed E-state index contributed by atoms with van der Waals surface area (Å²) in [6.07, 6.45) is 0.445. The summed E-state index contributed by atoms with van der Waals surface area (Å²) in [5.41, 5.74) is 5.79. The maximum atomic E-state index is 10.9. The van der Waals surface area contributed by atoms with Crippen molar-refractivity contribution in [2.45, 2.75) is 42.9 Å². The molecular weight excluding hydrogens is 234 g/mol. The van der Waals surface area contributed by atoms with Gasteiger partial charge in [-0.2, -0.15) is 0 Å². The number of benzene rings is 1. The van der Waals surface area contributed by atoms with Crippen LogP contribution in [-0.4, -0.2) is 21.9 Å². The second-order valence-electron chi connectivity index (χ2n) is 4.67. The highest BCUT2D eigenvalue weighted by Gasteiger charge is 2.30. The van der Waals surface area contributed by atoms with E-state index in [0.29, 0.717) is 6.42 Å². The number of rotatable bonds is 5. The molecule has 3 nitrogen and oxygen atoms in total. The summed E-state index contributed by atoms with van der Waals surface area (Å²) >= 11 is 1.65. The molecule has 94 valence electrons. The maximum Gasteiger partial charge on any atom is 0.323 e. The van der Waals surface area contributed by atoms with Crippen LogP contribution >= 0.6 is 11.8 Å². The Morgan fingerprint density at radius 2 is 2.00 bits per heavy atom. The third-order valence-electron chi connectivity index (χ3n) is 2.56. The predicted molar refractivity (Wildman–Crippen MR) is 71.3 cm³/mol. The third-order valence-corrected chi connectivity index (χ3v) is 3.67. The van der Waals surface area contributed by atoms with Crippen molar-refractivity contribution in [2.24, 2.45) is 5.73 Å². The number of hydrogen-bond donors (Lipinski definition) is 2. The minimum absolute atomic E-state index is 0.170. The monoisotopic (exact) mass is 253 g/mol. The number of hydrogen-bond acceptors (Lipinski definition) is 3. The van der Waals surface area contributed by atoms with Crippen molar-refractivity contribution in [2.75, 3.05) is 0 Å². The molecule has 0 aliphatic heterocycles. The van der Waals surface area contributed by atoms with E-state index >= 15 is 0 Å². The van der Waals surface area contributed by atoms with E-state index in [1.54, 1.807) is 18.7 Å². The van der Waals surface area contributed by atoms with Crippen LogP contribution in [0.25, 0.3) is 0 Å². The average molecular weight is 253 g/mol. The van der Waals surface area contributed by atoms with E-state index in [1.807, 2.05) is 38.1 Å². The molecule has 3 N–H and O–H groups in total. The first-order valence-corrected chi connectivity index (χ1v) is 6.45. The summed E-state index contributed by atoms with van der Waals surface area (Å²) in [5, 5.41) is 9.13. The summed E-state index contributed by atoms with van der Waals surface area (Å²) in [6, 6.07) is 8.19. The number of carboxylic acids is 1. The van der Waals surface area contributed by atoms with E-state index in [4.69, 9.17) is 10.8 Å². The normalized spacial score (nSPS) is 16.2. The van der Waals surface area contributed by atoms with Gasteiger partial charge in [0.1, 0.15) is 5.54 Å². The van der Waals surface area contributed by atoms with E-state index in [0.717, 1.165) is 4.90 Å². The lowest BCUT2D eigenvalue weighted by molar-refractivity contribution is -0.142. The van der Waals surface area contributed by atoms with Gasteiger partial charge in [0, 0.05) is 10.1 Å². The van der Waals surface area contributed by atoms with Crippen molar-refractivity contribution >= 4 is 17.7 Å². The Morgan fingerprint density at radius 3 is 2.47 bits per heavy atom. The van der Waals surface area contributed by atoms with Crippen molar-refractivity contribution in [3.63, 3.8) is 0 Å². The molecule has 0 saturated carbocycles. The molecule has 0 aliphatic rings. The third kappa shape index (κ3) is 4.40. The van der Waals surface area contributed by atoms with Gasteiger partial charge in [0.2, 0.25) is 0 Å². The molecule has 2 unspecified atom stereocenters. The van der Waals surface area contributed by atoms with Crippen molar-refractivity contribution < 1.29 is 9.90 Å². The number of aryl methyl sites for hydroxylation is 1. The minimum atomic E-state index is -1.16. The number of nitrogens with two attached hydrogens (primary N) is 1. The fourth-order valence-corrected chi connectivity index (χ4v) is 2.76. The maximum absolute atomic E-state index is 10.9. The van der Waals surface area contributed by atoms with Crippen LogP contribution in [0.1, 0.15) is 25.8 Å². The Bertz CT molecular complexity index is 387. The van der Waals surface area contributed by atoms with Gasteiger partial charge in [-0.1, -0.05) is 24.6 Å². The lowest BCUT2D eigenvalue weighted by Crippen LogP contribution is -2.46. The predicted octanol–water partition coefficient (Wildman–Crippen LogP) is 2.67. The Morgan fingerprint density at radius 1 is 1.47 bits per heavy atom. The lowest BCUT2D eigenvalue weighted by Gasteiger charge is -2.23. The zero-order chi connectivity index (χ0) is 13.1. The molecule has 0 bridgehead atoms. The smallest absolute Gasteiger partial charge is 0.323 e. The van der Waals surface area contributed by atoms with E-state index in [1.165, 1.54) is 5.56 Å². The van der Waals surface area contributed by atoms with Gasteiger partial charge in [0.25, 0.3) is 0 Å². The molecule has 0 saturated heterocycles. The lowest BCUT2D eigenvalue weighted by atomic mass is 9.98. The van der Waals surface area contributed by atoms with Crippen LogP contribution in [0.2, 0.25) is 0 Å². The average Bonchev–Trinajstić information content (AvgIpc) is 2.20. The molecule has 0 aliphatic carbocycles. The number of thioether (sulfide) groups is 1. The van der Waals surface area contributed by atoms with Gasteiger partial charge in [-0.15, -0.1) is 11.8 Å². The Kier molecular flexibility index (Phi) is 4.60. The van der Waals surface area contributed by atoms with Crippen molar-refractivity contribution in [1.29, 1.82) is 0 Å². The first kappa shape index (κ1) is 14.1. The molecular formula is C13H19NO2S. The van der Waals surface area contributed by atoms with Crippen LogP contribution in [0.15, 0.2) is 29.2 Å². The number of carboxylic acid groups (broad SMARTS) is 1. The molecule has 1 aromatic carbocycles. The summed E-state index contributed by atoms with van der Waals surface area (Å²) in [4.78, 5) is 12.1. The van der Waals surface area contributed by atoms with E-state index in [2.05, 4.69) is 0 Å². The summed E-state index contributed by atoms with van der Waals surface area (Å²) in [7, 11) is 0. The van der Waals surface area contributed by atoms with Gasteiger partial charge in [-0.25, -0.2) is 0 Å². The SMILES string of the molecule is Cc1ccc(SC(C)CC(C)(N)C(=O)O)cc1. The molecule has 1 aromatic rings. The quantitative estimate of drug-likeness (QED) is 0.792. The first-order chi connectivity index (χ1) is 7.81. The standard InChI is InChI=1S/C13H19NO2S/c1-9-4-6-11(7-5-9)17-10(2)8-13(3,14)12(15)16/h4-7,10H,8,14H2,1-3H3,(H,15,16). The van der Waals surface area contributed by atoms with E-state index < -0.39 is 11.5 Å². The molecule has 0 spiro atoms. The largest absolute Gasteiger partial charge is 0.480 e. The van der Waals surface area contributed by atoms with Crippen molar-refractivity contribution in [3.8, 4) is 0 Å². The van der Waals surface area contributed by atoms with E-state index in [-0.39, 0.29) is 5.25 Å². The second-order valence-corrected chi connectivity index (χ2v) is 6.18. The number of aliphatic carboxylic acids is 1. The van der Waals surface area contributed by atoms with Gasteiger partial charge in [0.15, 0.2) is 0 Å². The first-order valence-electron chi connectivity index (χ1n) is 5.57. The molecule has 0 aromatic heterocycles. The molecule has 17 heavy (non-hydrogen) atoms. The molecule has 0 amide bonds. The van der Waals surface area contributed by atoms with Crippen LogP contribution in [0.5, 0.6) is 0 Å². The Hall–Kier alpha value is -1.00. The molecule has 1 rings (SSSR count). The zero-order valence-electron chi connectivity index (χ0n) is 10.4. The van der Waals surface area contributed by atoms with Crippen molar-refractivity contribution in [1.82, 2.24) is 0 Å². The highest BCUT2D eigenvalue weighted by Crippen LogP contribution is 2.28. The fraction of sp³-hybridized carbons (Fsp3) is 0.462. The van der Waals surface area contributed by atoms with Gasteiger partial charge < -0.3 is 10.8 Å². The number of carbonyl (C=O) groups is 1. The summed E-state index contributed by atoms with van der Waals surface area (Å²) < 4.78 is 0. The molecule has 2 atom stereocenters.